The van der Waals surface area contributed by atoms with Gasteiger partial charge >= 0.3 is 0 Å². The van der Waals surface area contributed by atoms with E-state index in [9.17, 15) is 4.79 Å². The van der Waals surface area contributed by atoms with Crippen molar-refractivity contribution >= 4 is 17.5 Å². The summed E-state index contributed by atoms with van der Waals surface area (Å²) in [7, 11) is 0. The largest absolute Gasteiger partial charge is 0.479 e. The maximum absolute atomic E-state index is 12.7. The second-order valence-electron chi connectivity index (χ2n) is 7.27. The smallest absolute Gasteiger partial charge is 0.261 e. The predicted octanol–water partition coefficient (Wildman–Crippen LogP) is 4.80. The quantitative estimate of drug-likeness (QED) is 0.692. The first-order valence-corrected chi connectivity index (χ1v) is 10.5. The first kappa shape index (κ1) is 20.7. The van der Waals surface area contributed by atoms with Crippen LogP contribution in [0.25, 0.3) is 0 Å². The molecule has 2 aromatic rings. The number of benzene rings is 2. The minimum absolute atomic E-state index is 0.116. The molecule has 0 unspecified atom stereocenters. The van der Waals surface area contributed by atoms with Crippen LogP contribution in [0.15, 0.2) is 48.5 Å². The molecule has 0 bridgehead atoms. The van der Waals surface area contributed by atoms with Crippen molar-refractivity contribution in [3.05, 3.63) is 64.7 Å². The Bertz CT molecular complexity index is 775. The summed E-state index contributed by atoms with van der Waals surface area (Å²) >= 11 is 6.15. The highest BCUT2D eigenvalue weighted by Gasteiger charge is 2.20. The Morgan fingerprint density at radius 2 is 1.75 bits per heavy atom. The van der Waals surface area contributed by atoms with Crippen LogP contribution in [0.2, 0.25) is 5.02 Å². The molecular weight excluding hydrogens is 372 g/mol. The van der Waals surface area contributed by atoms with Crippen molar-refractivity contribution < 1.29 is 9.53 Å². The summed E-state index contributed by atoms with van der Waals surface area (Å²) in [5.74, 6) is 0.423. The van der Waals surface area contributed by atoms with Crippen molar-refractivity contribution in [1.82, 2.24) is 10.2 Å². The third-order valence-corrected chi connectivity index (χ3v) is 5.50. The molecular formula is C23H29ClN2O2. The van der Waals surface area contributed by atoms with Crippen molar-refractivity contribution in [3.63, 3.8) is 0 Å². The molecule has 0 spiro atoms. The van der Waals surface area contributed by atoms with E-state index in [0.717, 1.165) is 25.2 Å². The van der Waals surface area contributed by atoms with Crippen molar-refractivity contribution in [2.75, 3.05) is 13.1 Å². The van der Waals surface area contributed by atoms with Crippen LogP contribution >= 0.6 is 11.6 Å². The molecule has 0 aliphatic carbocycles. The van der Waals surface area contributed by atoms with Crippen LogP contribution in [-0.2, 0) is 17.9 Å². The molecule has 0 saturated carbocycles. The summed E-state index contributed by atoms with van der Waals surface area (Å²) in [6.07, 6.45) is 3.89. The number of ether oxygens (including phenoxy) is 1. The minimum Gasteiger partial charge on any atom is -0.479 e. The number of piperidine rings is 1. The summed E-state index contributed by atoms with van der Waals surface area (Å²) in [6, 6.07) is 15.6. The van der Waals surface area contributed by atoms with Crippen molar-refractivity contribution in [3.8, 4) is 5.75 Å². The summed E-state index contributed by atoms with van der Waals surface area (Å²) in [6.45, 7) is 5.70. The zero-order valence-electron chi connectivity index (χ0n) is 16.5. The van der Waals surface area contributed by atoms with Crippen LogP contribution in [-0.4, -0.2) is 30.0 Å². The normalized spacial score (nSPS) is 15.8. The Morgan fingerprint density at radius 3 is 2.46 bits per heavy atom. The number of hydrogen-bond acceptors (Lipinski definition) is 3. The van der Waals surface area contributed by atoms with Gasteiger partial charge in [-0.05, 0) is 55.6 Å². The number of para-hydroxylation sites is 1. The molecule has 3 rings (SSSR count). The molecule has 150 valence electrons. The molecule has 1 amide bonds. The zero-order valence-corrected chi connectivity index (χ0v) is 17.3. The number of amides is 1. The van der Waals surface area contributed by atoms with Gasteiger partial charge in [0.05, 0.1) is 5.02 Å². The Labute approximate surface area is 172 Å². The number of nitrogens with zero attached hydrogens (tertiary/aromatic N) is 1. The Hall–Kier alpha value is -2.04. The van der Waals surface area contributed by atoms with Gasteiger partial charge in [-0.15, -0.1) is 0 Å². The molecule has 1 aliphatic heterocycles. The summed E-state index contributed by atoms with van der Waals surface area (Å²) in [4.78, 5) is 15.2. The number of halogens is 1. The SMILES string of the molecule is CC[C@@H](Oc1ccccc1Cl)C(=O)NCc1ccccc1CN1CCCCC1. The maximum atomic E-state index is 12.7. The van der Waals surface area contributed by atoms with Gasteiger partial charge in [0.25, 0.3) is 5.91 Å². The lowest BCUT2D eigenvalue weighted by molar-refractivity contribution is -0.128. The minimum atomic E-state index is -0.561. The highest BCUT2D eigenvalue weighted by atomic mass is 35.5. The summed E-state index contributed by atoms with van der Waals surface area (Å²) in [5.41, 5.74) is 2.44. The number of carbonyl (C=O) groups excluding carboxylic acids is 1. The fourth-order valence-electron chi connectivity index (χ4n) is 3.55. The highest BCUT2D eigenvalue weighted by molar-refractivity contribution is 6.32. The number of carbonyl (C=O) groups is 1. The Kier molecular flexibility index (Phi) is 7.75. The van der Waals surface area contributed by atoms with Crippen molar-refractivity contribution in [2.24, 2.45) is 0 Å². The van der Waals surface area contributed by atoms with E-state index in [0.29, 0.717) is 23.7 Å². The van der Waals surface area contributed by atoms with Crippen LogP contribution in [0, 0.1) is 0 Å². The van der Waals surface area contributed by atoms with Gasteiger partial charge in [-0.25, -0.2) is 0 Å². The molecule has 0 aromatic heterocycles. The molecule has 28 heavy (non-hydrogen) atoms. The number of nitrogens with one attached hydrogen (secondary N) is 1. The molecule has 1 saturated heterocycles. The van der Waals surface area contributed by atoms with E-state index >= 15 is 0 Å². The van der Waals surface area contributed by atoms with Gasteiger partial charge in [0, 0.05) is 13.1 Å². The van der Waals surface area contributed by atoms with Gasteiger partial charge in [-0.2, -0.15) is 0 Å². The molecule has 5 heteroatoms. The summed E-state index contributed by atoms with van der Waals surface area (Å²) in [5, 5.41) is 3.56. The fraction of sp³-hybridized carbons (Fsp3) is 0.435. The first-order valence-electron chi connectivity index (χ1n) is 10.2. The molecule has 1 fully saturated rings. The van der Waals surface area contributed by atoms with Crippen molar-refractivity contribution in [1.29, 1.82) is 0 Å². The third-order valence-electron chi connectivity index (χ3n) is 5.18. The monoisotopic (exact) mass is 400 g/mol. The highest BCUT2D eigenvalue weighted by Crippen LogP contribution is 2.25. The lowest BCUT2D eigenvalue weighted by atomic mass is 10.0. The van der Waals surface area contributed by atoms with Gasteiger partial charge in [-0.1, -0.05) is 61.3 Å². The molecule has 0 radical (unpaired) electrons. The number of rotatable bonds is 8. The van der Waals surface area contributed by atoms with Gasteiger partial charge < -0.3 is 10.1 Å². The van der Waals surface area contributed by atoms with E-state index in [2.05, 4.69) is 28.4 Å². The van der Waals surface area contributed by atoms with Gasteiger partial charge in [0.1, 0.15) is 5.75 Å². The van der Waals surface area contributed by atoms with Crippen LogP contribution in [0.4, 0.5) is 0 Å². The number of hydrogen-bond donors (Lipinski definition) is 1. The second kappa shape index (κ2) is 10.5. The van der Waals surface area contributed by atoms with Crippen LogP contribution < -0.4 is 10.1 Å². The van der Waals surface area contributed by atoms with E-state index in [-0.39, 0.29) is 5.91 Å². The third kappa shape index (κ3) is 5.73. The van der Waals surface area contributed by atoms with Crippen LogP contribution in [0.3, 0.4) is 0 Å². The molecule has 1 atom stereocenters. The van der Waals surface area contributed by atoms with E-state index in [1.54, 1.807) is 12.1 Å². The van der Waals surface area contributed by atoms with Crippen LogP contribution in [0.1, 0.15) is 43.7 Å². The topological polar surface area (TPSA) is 41.6 Å². The molecule has 2 aromatic carbocycles. The van der Waals surface area contributed by atoms with E-state index in [4.69, 9.17) is 16.3 Å². The van der Waals surface area contributed by atoms with Crippen molar-refractivity contribution in [2.45, 2.75) is 51.8 Å². The molecule has 1 N–H and O–H groups in total. The van der Waals surface area contributed by atoms with E-state index < -0.39 is 6.10 Å². The molecule has 1 aliphatic rings. The maximum Gasteiger partial charge on any atom is 0.261 e. The van der Waals surface area contributed by atoms with Gasteiger partial charge in [0.2, 0.25) is 0 Å². The lowest BCUT2D eigenvalue weighted by Gasteiger charge is -2.27. The second-order valence-corrected chi connectivity index (χ2v) is 7.68. The summed E-state index contributed by atoms with van der Waals surface area (Å²) < 4.78 is 5.84. The van der Waals surface area contributed by atoms with Gasteiger partial charge in [-0.3, -0.25) is 9.69 Å². The predicted molar refractivity (Wildman–Crippen MR) is 114 cm³/mol. The Morgan fingerprint density at radius 1 is 1.07 bits per heavy atom. The fourth-order valence-corrected chi connectivity index (χ4v) is 3.73. The molecule has 4 nitrogen and oxygen atoms in total. The standard InChI is InChI=1S/C23H29ClN2O2/c1-2-21(28-22-13-7-6-12-20(22)24)23(27)25-16-18-10-4-5-11-19(18)17-26-14-8-3-9-15-26/h4-7,10-13,21H,2-3,8-9,14-17H2,1H3,(H,25,27)/t21-/m1/s1. The molecule has 1 heterocycles. The average Bonchev–Trinajstić information content (AvgIpc) is 2.73. The van der Waals surface area contributed by atoms with E-state index in [1.165, 1.54) is 24.8 Å². The zero-order chi connectivity index (χ0) is 19.8. The number of likely N-dealkylation sites (tertiary alicyclic amines) is 1. The Balaban J connectivity index is 1.59. The van der Waals surface area contributed by atoms with Gasteiger partial charge in [0.15, 0.2) is 6.10 Å². The lowest BCUT2D eigenvalue weighted by Crippen LogP contribution is -2.38. The first-order chi connectivity index (χ1) is 13.7. The van der Waals surface area contributed by atoms with Crippen LogP contribution in [0.5, 0.6) is 5.75 Å². The van der Waals surface area contributed by atoms with E-state index in [1.807, 2.05) is 25.1 Å². The average molecular weight is 401 g/mol.